The summed E-state index contributed by atoms with van der Waals surface area (Å²) in [5.74, 6) is -0.180. The molecule has 2 rings (SSSR count). The molecule has 1 aliphatic carbocycles. The maximum Gasteiger partial charge on any atom is 0.227 e. The molecule has 0 aliphatic heterocycles. The van der Waals surface area contributed by atoms with Gasteiger partial charge < -0.3 is 4.90 Å². The van der Waals surface area contributed by atoms with Crippen LogP contribution in [0, 0.1) is 5.82 Å². The lowest BCUT2D eigenvalue weighted by Gasteiger charge is -2.37. The van der Waals surface area contributed by atoms with Crippen LogP contribution in [0.4, 0.5) is 4.39 Å². The van der Waals surface area contributed by atoms with Gasteiger partial charge in [-0.05, 0) is 37.0 Å². The van der Waals surface area contributed by atoms with Gasteiger partial charge in [0, 0.05) is 17.9 Å². The lowest BCUT2D eigenvalue weighted by Crippen LogP contribution is -2.45. The predicted molar refractivity (Wildman–Crippen MR) is 73.3 cm³/mol. The molecule has 2 nitrogen and oxygen atoms in total. The van der Waals surface area contributed by atoms with E-state index in [1.807, 2.05) is 4.90 Å². The Balaban J connectivity index is 2.00. The molecule has 0 spiro atoms. The Morgan fingerprint density at radius 2 is 2.22 bits per heavy atom. The first-order valence-corrected chi connectivity index (χ1v) is 7.42. The van der Waals surface area contributed by atoms with Gasteiger partial charge in [0.1, 0.15) is 5.82 Å². The SMILES string of the molecule is O=C(Cc1cccc(F)c1)N(CCBr)C1CCC1. The normalized spacial score (nSPS) is 15.2. The molecule has 0 aromatic heterocycles. The van der Waals surface area contributed by atoms with Gasteiger partial charge >= 0.3 is 0 Å². The molecular weight excluding hydrogens is 297 g/mol. The second kappa shape index (κ2) is 6.32. The lowest BCUT2D eigenvalue weighted by atomic mass is 9.91. The third kappa shape index (κ3) is 3.31. The zero-order valence-electron chi connectivity index (χ0n) is 10.2. The van der Waals surface area contributed by atoms with Crippen molar-refractivity contribution >= 4 is 21.8 Å². The van der Waals surface area contributed by atoms with Gasteiger partial charge in [-0.2, -0.15) is 0 Å². The second-order valence-corrected chi connectivity index (χ2v) is 5.46. The first kappa shape index (κ1) is 13.5. The van der Waals surface area contributed by atoms with E-state index in [2.05, 4.69) is 15.9 Å². The fourth-order valence-corrected chi connectivity index (χ4v) is 2.61. The van der Waals surface area contributed by atoms with E-state index < -0.39 is 0 Å². The summed E-state index contributed by atoms with van der Waals surface area (Å²) in [6, 6.07) is 6.68. The summed E-state index contributed by atoms with van der Waals surface area (Å²) in [4.78, 5) is 14.2. The first-order valence-electron chi connectivity index (χ1n) is 6.30. The lowest BCUT2D eigenvalue weighted by molar-refractivity contribution is -0.134. The molecule has 0 bridgehead atoms. The summed E-state index contributed by atoms with van der Waals surface area (Å²) in [5.41, 5.74) is 0.749. The van der Waals surface area contributed by atoms with Crippen molar-refractivity contribution in [2.45, 2.75) is 31.7 Å². The van der Waals surface area contributed by atoms with Crippen molar-refractivity contribution in [2.75, 3.05) is 11.9 Å². The molecule has 0 saturated heterocycles. The number of rotatable bonds is 5. The molecule has 1 saturated carbocycles. The largest absolute Gasteiger partial charge is 0.339 e. The molecule has 0 N–H and O–H groups in total. The van der Waals surface area contributed by atoms with Crippen molar-refractivity contribution < 1.29 is 9.18 Å². The number of nitrogens with zero attached hydrogens (tertiary/aromatic N) is 1. The third-order valence-electron chi connectivity index (χ3n) is 3.41. The first-order chi connectivity index (χ1) is 8.70. The van der Waals surface area contributed by atoms with E-state index in [1.54, 1.807) is 12.1 Å². The van der Waals surface area contributed by atoms with E-state index in [0.29, 0.717) is 12.5 Å². The molecule has 0 unspecified atom stereocenters. The number of benzene rings is 1. The number of amides is 1. The smallest absolute Gasteiger partial charge is 0.227 e. The van der Waals surface area contributed by atoms with Crippen LogP contribution in [0.15, 0.2) is 24.3 Å². The second-order valence-electron chi connectivity index (χ2n) is 4.67. The molecule has 0 heterocycles. The van der Waals surface area contributed by atoms with Crippen molar-refractivity contribution in [1.29, 1.82) is 0 Å². The molecule has 1 aliphatic rings. The van der Waals surface area contributed by atoms with E-state index >= 15 is 0 Å². The average Bonchev–Trinajstić information content (AvgIpc) is 2.26. The summed E-state index contributed by atoms with van der Waals surface area (Å²) in [7, 11) is 0. The Labute approximate surface area is 115 Å². The van der Waals surface area contributed by atoms with Gasteiger partial charge in [-0.3, -0.25) is 4.79 Å². The summed E-state index contributed by atoms with van der Waals surface area (Å²) in [5, 5.41) is 0.790. The molecule has 0 atom stereocenters. The van der Waals surface area contributed by atoms with Crippen LogP contribution in [0.25, 0.3) is 0 Å². The van der Waals surface area contributed by atoms with Crippen LogP contribution in [0.1, 0.15) is 24.8 Å². The van der Waals surface area contributed by atoms with E-state index in [9.17, 15) is 9.18 Å². The van der Waals surface area contributed by atoms with Gasteiger partial charge in [0.2, 0.25) is 5.91 Å². The van der Waals surface area contributed by atoms with Crippen LogP contribution in [0.3, 0.4) is 0 Å². The van der Waals surface area contributed by atoms with Gasteiger partial charge in [-0.1, -0.05) is 28.1 Å². The zero-order chi connectivity index (χ0) is 13.0. The number of hydrogen-bond donors (Lipinski definition) is 0. The molecule has 1 amide bonds. The van der Waals surface area contributed by atoms with Crippen molar-refractivity contribution in [3.8, 4) is 0 Å². The topological polar surface area (TPSA) is 20.3 Å². The molecule has 4 heteroatoms. The minimum absolute atomic E-state index is 0.102. The van der Waals surface area contributed by atoms with Gasteiger partial charge in [0.25, 0.3) is 0 Å². The van der Waals surface area contributed by atoms with Crippen LogP contribution < -0.4 is 0 Å². The summed E-state index contributed by atoms with van der Waals surface area (Å²) >= 11 is 3.38. The average molecular weight is 314 g/mol. The van der Waals surface area contributed by atoms with Crippen molar-refractivity contribution in [3.63, 3.8) is 0 Å². The van der Waals surface area contributed by atoms with Gasteiger partial charge in [-0.25, -0.2) is 4.39 Å². The fourth-order valence-electron chi connectivity index (χ4n) is 2.22. The van der Waals surface area contributed by atoms with Crippen molar-refractivity contribution in [3.05, 3.63) is 35.6 Å². The monoisotopic (exact) mass is 313 g/mol. The summed E-state index contributed by atoms with van der Waals surface area (Å²) in [6.07, 6.45) is 3.70. The van der Waals surface area contributed by atoms with Gasteiger partial charge in [0.15, 0.2) is 0 Å². The highest BCUT2D eigenvalue weighted by molar-refractivity contribution is 9.09. The predicted octanol–water partition coefficient (Wildman–Crippen LogP) is 3.14. The summed E-state index contributed by atoms with van der Waals surface area (Å²) < 4.78 is 13.1. The summed E-state index contributed by atoms with van der Waals surface area (Å²) in [6.45, 7) is 0.735. The Kier molecular flexibility index (Phi) is 4.75. The van der Waals surface area contributed by atoms with Crippen LogP contribution in [0.5, 0.6) is 0 Å². The molecule has 1 aromatic rings. The highest BCUT2D eigenvalue weighted by Crippen LogP contribution is 2.25. The maximum atomic E-state index is 13.1. The molecule has 0 radical (unpaired) electrons. The minimum Gasteiger partial charge on any atom is -0.339 e. The fraction of sp³-hybridized carbons (Fsp3) is 0.500. The molecule has 18 heavy (non-hydrogen) atoms. The molecular formula is C14H17BrFNO. The Bertz CT molecular complexity index is 420. The highest BCUT2D eigenvalue weighted by Gasteiger charge is 2.27. The van der Waals surface area contributed by atoms with Gasteiger partial charge in [-0.15, -0.1) is 0 Å². The third-order valence-corrected chi connectivity index (χ3v) is 3.76. The quantitative estimate of drug-likeness (QED) is 0.765. The minimum atomic E-state index is -0.281. The van der Waals surface area contributed by atoms with E-state index in [4.69, 9.17) is 0 Å². The van der Waals surface area contributed by atoms with E-state index in [0.717, 1.165) is 30.3 Å². The Morgan fingerprint density at radius 3 is 2.78 bits per heavy atom. The number of carbonyl (C=O) groups excluding carboxylic acids is 1. The number of alkyl halides is 1. The van der Waals surface area contributed by atoms with Crippen molar-refractivity contribution in [1.82, 2.24) is 4.90 Å². The van der Waals surface area contributed by atoms with Crippen LogP contribution >= 0.6 is 15.9 Å². The standard InChI is InChI=1S/C14H17BrFNO/c15-7-8-17(13-5-2-6-13)14(18)10-11-3-1-4-12(16)9-11/h1,3-4,9,13H,2,5-8,10H2. The number of halogens is 2. The number of carbonyl (C=O) groups is 1. The van der Waals surface area contributed by atoms with Crippen LogP contribution in [0.2, 0.25) is 0 Å². The zero-order valence-corrected chi connectivity index (χ0v) is 11.8. The Morgan fingerprint density at radius 1 is 1.44 bits per heavy atom. The van der Waals surface area contributed by atoms with Gasteiger partial charge in [0.05, 0.1) is 6.42 Å². The Hall–Kier alpha value is -0.900. The van der Waals surface area contributed by atoms with Crippen LogP contribution in [-0.4, -0.2) is 28.7 Å². The van der Waals surface area contributed by atoms with Crippen molar-refractivity contribution in [2.24, 2.45) is 0 Å². The van der Waals surface area contributed by atoms with Crippen LogP contribution in [-0.2, 0) is 11.2 Å². The maximum absolute atomic E-state index is 13.1. The van der Waals surface area contributed by atoms with E-state index in [1.165, 1.54) is 18.6 Å². The number of hydrogen-bond acceptors (Lipinski definition) is 1. The molecule has 98 valence electrons. The molecule has 1 aromatic carbocycles. The highest BCUT2D eigenvalue weighted by atomic mass is 79.9. The van der Waals surface area contributed by atoms with E-state index in [-0.39, 0.29) is 11.7 Å². The molecule has 1 fully saturated rings.